The van der Waals surface area contributed by atoms with Gasteiger partial charge >= 0.3 is 0 Å². The first-order valence-electron chi connectivity index (χ1n) is 4.11. The Labute approximate surface area is 77.3 Å². The van der Waals surface area contributed by atoms with Gasteiger partial charge in [-0.3, -0.25) is 0 Å². The molecule has 3 N–H and O–H groups in total. The fourth-order valence-electron chi connectivity index (χ4n) is 0.914. The molecule has 0 bridgehead atoms. The zero-order chi connectivity index (χ0) is 9.52. The Morgan fingerprint density at radius 1 is 1.15 bits per heavy atom. The van der Waals surface area contributed by atoms with Crippen molar-refractivity contribution in [1.29, 1.82) is 0 Å². The van der Waals surface area contributed by atoms with E-state index in [1.165, 1.54) is 0 Å². The molecule has 0 aliphatic heterocycles. The van der Waals surface area contributed by atoms with Gasteiger partial charge in [-0.05, 0) is 24.3 Å². The standard InChI is InChI=1S/C10H13NO2/c12-8-2-1-7-11-9-3-5-10(13)6-4-9/h1-6,11-13H,7-8H2/b2-1+. The van der Waals surface area contributed by atoms with Crippen molar-refractivity contribution in [2.75, 3.05) is 18.5 Å². The third-order valence-corrected chi connectivity index (χ3v) is 1.56. The quantitative estimate of drug-likeness (QED) is 0.483. The van der Waals surface area contributed by atoms with Gasteiger partial charge in [-0.15, -0.1) is 0 Å². The lowest BCUT2D eigenvalue weighted by atomic mass is 10.3. The Bertz CT molecular complexity index is 267. The average Bonchev–Trinajstić information content (AvgIpc) is 2.15. The number of phenols is 1. The Kier molecular flexibility index (Phi) is 3.85. The van der Waals surface area contributed by atoms with Crippen LogP contribution in [-0.4, -0.2) is 23.4 Å². The van der Waals surface area contributed by atoms with Crippen LogP contribution in [0.5, 0.6) is 5.75 Å². The smallest absolute Gasteiger partial charge is 0.115 e. The number of anilines is 1. The van der Waals surface area contributed by atoms with Gasteiger partial charge in [-0.25, -0.2) is 0 Å². The molecule has 70 valence electrons. The van der Waals surface area contributed by atoms with Crippen LogP contribution in [0.3, 0.4) is 0 Å². The molecule has 3 nitrogen and oxygen atoms in total. The third kappa shape index (κ3) is 3.62. The average molecular weight is 179 g/mol. The van der Waals surface area contributed by atoms with Crippen molar-refractivity contribution in [3.8, 4) is 5.75 Å². The van der Waals surface area contributed by atoms with Crippen molar-refractivity contribution in [2.45, 2.75) is 0 Å². The molecule has 0 heterocycles. The summed E-state index contributed by atoms with van der Waals surface area (Å²) in [6, 6.07) is 6.83. The fourth-order valence-corrected chi connectivity index (χ4v) is 0.914. The summed E-state index contributed by atoms with van der Waals surface area (Å²) in [4.78, 5) is 0. The molecular weight excluding hydrogens is 166 g/mol. The Morgan fingerprint density at radius 3 is 2.46 bits per heavy atom. The second-order valence-electron chi connectivity index (χ2n) is 2.58. The van der Waals surface area contributed by atoms with Crippen LogP contribution in [0.15, 0.2) is 36.4 Å². The number of nitrogens with one attached hydrogen (secondary N) is 1. The second kappa shape index (κ2) is 5.22. The molecule has 0 unspecified atom stereocenters. The van der Waals surface area contributed by atoms with Gasteiger partial charge in [-0.1, -0.05) is 12.2 Å². The molecule has 0 atom stereocenters. The first kappa shape index (κ1) is 9.61. The van der Waals surface area contributed by atoms with E-state index >= 15 is 0 Å². The van der Waals surface area contributed by atoms with Crippen molar-refractivity contribution in [3.63, 3.8) is 0 Å². The van der Waals surface area contributed by atoms with E-state index < -0.39 is 0 Å². The molecule has 0 spiro atoms. The largest absolute Gasteiger partial charge is 0.508 e. The lowest BCUT2D eigenvalue weighted by molar-refractivity contribution is 0.342. The first-order chi connectivity index (χ1) is 6.33. The summed E-state index contributed by atoms with van der Waals surface area (Å²) < 4.78 is 0. The normalized spacial score (nSPS) is 10.5. The monoisotopic (exact) mass is 179 g/mol. The first-order valence-corrected chi connectivity index (χ1v) is 4.11. The van der Waals surface area contributed by atoms with Gasteiger partial charge in [0.15, 0.2) is 0 Å². The lowest BCUT2D eigenvalue weighted by Crippen LogP contribution is -1.97. The van der Waals surface area contributed by atoms with E-state index in [1.807, 2.05) is 6.08 Å². The molecule has 1 aromatic rings. The minimum Gasteiger partial charge on any atom is -0.508 e. The van der Waals surface area contributed by atoms with Crippen molar-refractivity contribution >= 4 is 5.69 Å². The number of benzene rings is 1. The van der Waals surface area contributed by atoms with Crippen LogP contribution in [0.25, 0.3) is 0 Å². The van der Waals surface area contributed by atoms with Crippen LogP contribution >= 0.6 is 0 Å². The van der Waals surface area contributed by atoms with Gasteiger partial charge in [0.2, 0.25) is 0 Å². The maximum atomic E-state index is 8.99. The van der Waals surface area contributed by atoms with Gasteiger partial charge < -0.3 is 15.5 Å². The van der Waals surface area contributed by atoms with Crippen molar-refractivity contribution in [2.24, 2.45) is 0 Å². The molecule has 0 amide bonds. The minimum absolute atomic E-state index is 0.0667. The van der Waals surface area contributed by atoms with Gasteiger partial charge in [-0.2, -0.15) is 0 Å². The van der Waals surface area contributed by atoms with E-state index in [0.29, 0.717) is 6.54 Å². The number of aliphatic hydroxyl groups is 1. The molecule has 3 heteroatoms. The lowest BCUT2D eigenvalue weighted by Gasteiger charge is -2.02. The summed E-state index contributed by atoms with van der Waals surface area (Å²) in [7, 11) is 0. The predicted molar refractivity (Wildman–Crippen MR) is 52.8 cm³/mol. The Balaban J connectivity index is 2.37. The van der Waals surface area contributed by atoms with Gasteiger partial charge in [0.05, 0.1) is 6.61 Å². The van der Waals surface area contributed by atoms with Crippen molar-refractivity contribution < 1.29 is 10.2 Å². The highest BCUT2D eigenvalue weighted by molar-refractivity contribution is 5.46. The highest BCUT2D eigenvalue weighted by atomic mass is 16.3. The van der Waals surface area contributed by atoms with Gasteiger partial charge in [0.1, 0.15) is 5.75 Å². The number of aliphatic hydroxyl groups excluding tert-OH is 1. The van der Waals surface area contributed by atoms with E-state index in [2.05, 4.69) is 5.32 Å². The SMILES string of the molecule is OC/C=C/CNc1ccc(O)cc1. The zero-order valence-electron chi connectivity index (χ0n) is 7.27. The highest BCUT2D eigenvalue weighted by Crippen LogP contribution is 2.12. The summed E-state index contributed by atoms with van der Waals surface area (Å²) in [5.74, 6) is 0.261. The second-order valence-corrected chi connectivity index (χ2v) is 2.58. The molecule has 0 aliphatic rings. The van der Waals surface area contributed by atoms with Crippen LogP contribution in [0.4, 0.5) is 5.69 Å². The Hall–Kier alpha value is -1.48. The molecule has 0 saturated heterocycles. The molecule has 0 saturated carbocycles. The summed E-state index contributed by atoms with van der Waals surface area (Å²) >= 11 is 0. The maximum absolute atomic E-state index is 8.99. The molecule has 0 aliphatic carbocycles. The number of rotatable bonds is 4. The van der Waals surface area contributed by atoms with E-state index in [4.69, 9.17) is 10.2 Å². The minimum atomic E-state index is 0.0667. The number of aromatic hydroxyl groups is 1. The van der Waals surface area contributed by atoms with E-state index in [1.54, 1.807) is 30.3 Å². The van der Waals surface area contributed by atoms with Crippen LogP contribution in [0, 0.1) is 0 Å². The molecule has 0 radical (unpaired) electrons. The zero-order valence-corrected chi connectivity index (χ0v) is 7.27. The topological polar surface area (TPSA) is 52.5 Å². The molecule has 1 rings (SSSR count). The van der Waals surface area contributed by atoms with Crippen LogP contribution in [0.2, 0.25) is 0 Å². The van der Waals surface area contributed by atoms with E-state index in [-0.39, 0.29) is 12.4 Å². The van der Waals surface area contributed by atoms with Crippen molar-refractivity contribution in [1.82, 2.24) is 0 Å². The molecule has 0 fully saturated rings. The van der Waals surface area contributed by atoms with Crippen molar-refractivity contribution in [3.05, 3.63) is 36.4 Å². The van der Waals surface area contributed by atoms with Crippen LogP contribution < -0.4 is 5.32 Å². The van der Waals surface area contributed by atoms with Crippen LogP contribution in [-0.2, 0) is 0 Å². The maximum Gasteiger partial charge on any atom is 0.115 e. The van der Waals surface area contributed by atoms with E-state index in [0.717, 1.165) is 5.69 Å². The predicted octanol–water partition coefficient (Wildman–Crippen LogP) is 1.35. The van der Waals surface area contributed by atoms with E-state index in [9.17, 15) is 0 Å². The number of hydrogen-bond donors (Lipinski definition) is 3. The molecule has 0 aromatic heterocycles. The molecular formula is C10H13NO2. The van der Waals surface area contributed by atoms with Gasteiger partial charge in [0.25, 0.3) is 0 Å². The summed E-state index contributed by atoms with van der Waals surface area (Å²) in [6.07, 6.45) is 3.51. The van der Waals surface area contributed by atoms with Crippen LogP contribution in [0.1, 0.15) is 0 Å². The summed E-state index contributed by atoms with van der Waals surface area (Å²) in [5.41, 5.74) is 0.945. The van der Waals surface area contributed by atoms with Gasteiger partial charge in [0, 0.05) is 12.2 Å². The summed E-state index contributed by atoms with van der Waals surface area (Å²) in [5, 5.41) is 20.5. The fraction of sp³-hybridized carbons (Fsp3) is 0.200. The highest BCUT2D eigenvalue weighted by Gasteiger charge is 1.88. The Morgan fingerprint density at radius 2 is 1.85 bits per heavy atom. The third-order valence-electron chi connectivity index (χ3n) is 1.56. The number of hydrogen-bond acceptors (Lipinski definition) is 3. The summed E-state index contributed by atoms with van der Waals surface area (Å²) in [6.45, 7) is 0.739. The molecule has 1 aromatic carbocycles. The molecule has 13 heavy (non-hydrogen) atoms. The number of phenolic OH excluding ortho intramolecular Hbond substituents is 1.